The van der Waals surface area contributed by atoms with Gasteiger partial charge in [-0.05, 0) is 25.0 Å². The zero-order chi connectivity index (χ0) is 7.72. The topological polar surface area (TPSA) is 46.2 Å². The summed E-state index contributed by atoms with van der Waals surface area (Å²) in [5.41, 5.74) is 8.05. The van der Waals surface area contributed by atoms with Crippen LogP contribution in [0.5, 0.6) is 5.75 Å². The fourth-order valence-corrected chi connectivity index (χ4v) is 0.857. The van der Waals surface area contributed by atoms with Gasteiger partial charge in [-0.3, -0.25) is 0 Å². The van der Waals surface area contributed by atoms with Crippen molar-refractivity contribution in [1.82, 2.24) is 0 Å². The second-order valence-corrected chi connectivity index (χ2v) is 2.50. The van der Waals surface area contributed by atoms with Crippen LogP contribution in [0.25, 0.3) is 0 Å². The third-order valence-electron chi connectivity index (χ3n) is 1.58. The van der Waals surface area contributed by atoms with Crippen LogP contribution in [-0.4, -0.2) is 5.11 Å². The van der Waals surface area contributed by atoms with E-state index in [2.05, 4.69) is 0 Å². The SMILES string of the molecule is Cc1cc(C)c(O)cc1N. The van der Waals surface area contributed by atoms with Crippen LogP contribution in [0.3, 0.4) is 0 Å². The van der Waals surface area contributed by atoms with Crippen LogP contribution in [0.15, 0.2) is 12.1 Å². The van der Waals surface area contributed by atoms with Gasteiger partial charge in [0.15, 0.2) is 0 Å². The molecule has 10 heavy (non-hydrogen) atoms. The summed E-state index contributed by atoms with van der Waals surface area (Å²) in [5, 5.41) is 9.14. The number of nitrogen functional groups attached to an aromatic ring is 1. The predicted octanol–water partition coefficient (Wildman–Crippen LogP) is 1.59. The Kier molecular flexibility index (Phi) is 1.53. The number of anilines is 1. The van der Waals surface area contributed by atoms with Crippen LogP contribution < -0.4 is 5.73 Å². The van der Waals surface area contributed by atoms with E-state index >= 15 is 0 Å². The molecule has 0 fully saturated rings. The molecule has 3 N–H and O–H groups in total. The van der Waals surface area contributed by atoms with Gasteiger partial charge in [-0.2, -0.15) is 0 Å². The van der Waals surface area contributed by atoms with E-state index in [-0.39, 0.29) is 5.75 Å². The first-order valence-corrected chi connectivity index (χ1v) is 3.17. The van der Waals surface area contributed by atoms with Gasteiger partial charge in [0.25, 0.3) is 0 Å². The van der Waals surface area contributed by atoms with E-state index in [1.54, 1.807) is 6.07 Å². The molecule has 54 valence electrons. The van der Waals surface area contributed by atoms with E-state index in [1.807, 2.05) is 19.9 Å². The van der Waals surface area contributed by atoms with Crippen molar-refractivity contribution < 1.29 is 5.11 Å². The third kappa shape index (κ3) is 1.05. The fraction of sp³-hybridized carbons (Fsp3) is 0.250. The largest absolute Gasteiger partial charge is 0.508 e. The summed E-state index contributed by atoms with van der Waals surface area (Å²) < 4.78 is 0. The number of benzene rings is 1. The summed E-state index contributed by atoms with van der Waals surface area (Å²) in [6, 6.07) is 3.44. The Bertz CT molecular complexity index is 205. The Morgan fingerprint density at radius 1 is 1.20 bits per heavy atom. The van der Waals surface area contributed by atoms with Crippen molar-refractivity contribution in [2.75, 3.05) is 5.73 Å². The Labute approximate surface area is 60.3 Å². The van der Waals surface area contributed by atoms with Gasteiger partial charge < -0.3 is 10.8 Å². The minimum atomic E-state index is 0.267. The first kappa shape index (κ1) is 6.93. The second-order valence-electron chi connectivity index (χ2n) is 2.50. The molecule has 1 rings (SSSR count). The van der Waals surface area contributed by atoms with Crippen molar-refractivity contribution in [2.45, 2.75) is 13.8 Å². The number of phenolic OH excluding ortho intramolecular Hbond substituents is 1. The Morgan fingerprint density at radius 2 is 1.80 bits per heavy atom. The van der Waals surface area contributed by atoms with E-state index in [0.29, 0.717) is 5.69 Å². The second kappa shape index (κ2) is 2.21. The maximum absolute atomic E-state index is 9.14. The minimum Gasteiger partial charge on any atom is -0.508 e. The van der Waals surface area contributed by atoms with E-state index in [1.165, 1.54) is 0 Å². The molecule has 0 heterocycles. The normalized spacial score (nSPS) is 9.80. The molecule has 0 aliphatic heterocycles. The van der Waals surface area contributed by atoms with Crippen molar-refractivity contribution in [3.05, 3.63) is 23.3 Å². The van der Waals surface area contributed by atoms with Crippen LogP contribution in [-0.2, 0) is 0 Å². The lowest BCUT2D eigenvalue weighted by atomic mass is 10.1. The lowest BCUT2D eigenvalue weighted by molar-refractivity contribution is 0.471. The molecule has 2 nitrogen and oxygen atoms in total. The predicted molar refractivity (Wildman–Crippen MR) is 42.0 cm³/mol. The summed E-state index contributed by atoms with van der Waals surface area (Å²) in [6.07, 6.45) is 0. The Hall–Kier alpha value is -1.18. The molecule has 0 saturated heterocycles. The monoisotopic (exact) mass is 137 g/mol. The highest BCUT2D eigenvalue weighted by Crippen LogP contribution is 2.22. The molecule has 0 aromatic heterocycles. The number of aryl methyl sites for hydroxylation is 2. The smallest absolute Gasteiger partial charge is 0.120 e. The highest BCUT2D eigenvalue weighted by molar-refractivity contribution is 5.53. The van der Waals surface area contributed by atoms with E-state index in [4.69, 9.17) is 10.8 Å². The molecule has 0 radical (unpaired) electrons. The van der Waals surface area contributed by atoms with Crippen molar-refractivity contribution in [3.63, 3.8) is 0 Å². The molecule has 0 amide bonds. The van der Waals surface area contributed by atoms with Gasteiger partial charge in [0, 0.05) is 11.8 Å². The zero-order valence-corrected chi connectivity index (χ0v) is 6.18. The first-order valence-electron chi connectivity index (χ1n) is 3.17. The van der Waals surface area contributed by atoms with Gasteiger partial charge in [0.2, 0.25) is 0 Å². The van der Waals surface area contributed by atoms with Crippen molar-refractivity contribution in [3.8, 4) is 5.75 Å². The lowest BCUT2D eigenvalue weighted by Crippen LogP contribution is -1.89. The quantitative estimate of drug-likeness (QED) is 0.533. The van der Waals surface area contributed by atoms with Crippen LogP contribution >= 0.6 is 0 Å². The molecular weight excluding hydrogens is 126 g/mol. The maximum Gasteiger partial charge on any atom is 0.120 e. The molecule has 0 saturated carbocycles. The summed E-state index contributed by atoms with van der Waals surface area (Å²) in [7, 11) is 0. The molecule has 0 aliphatic rings. The molecule has 1 aromatic rings. The van der Waals surface area contributed by atoms with Crippen LogP contribution in [0.1, 0.15) is 11.1 Å². The van der Waals surface area contributed by atoms with E-state index < -0.39 is 0 Å². The number of hydrogen-bond donors (Lipinski definition) is 2. The Balaban J connectivity index is 3.28. The summed E-state index contributed by atoms with van der Waals surface area (Å²) >= 11 is 0. The number of phenols is 1. The number of nitrogens with two attached hydrogens (primary N) is 1. The number of aromatic hydroxyl groups is 1. The van der Waals surface area contributed by atoms with E-state index in [9.17, 15) is 0 Å². The standard InChI is InChI=1S/C8H11NO/c1-5-3-6(2)8(10)4-7(5)9/h3-4,10H,9H2,1-2H3. The highest BCUT2D eigenvalue weighted by atomic mass is 16.3. The van der Waals surface area contributed by atoms with Gasteiger partial charge in [-0.1, -0.05) is 6.07 Å². The lowest BCUT2D eigenvalue weighted by Gasteiger charge is -2.02. The van der Waals surface area contributed by atoms with Crippen molar-refractivity contribution in [2.24, 2.45) is 0 Å². The highest BCUT2D eigenvalue weighted by Gasteiger charge is 1.98. The molecular formula is C8H11NO. The summed E-state index contributed by atoms with van der Waals surface area (Å²) in [5.74, 6) is 0.267. The number of rotatable bonds is 0. The van der Waals surface area contributed by atoms with Crippen molar-refractivity contribution in [1.29, 1.82) is 0 Å². The average molecular weight is 137 g/mol. The minimum absolute atomic E-state index is 0.267. The van der Waals surface area contributed by atoms with Gasteiger partial charge >= 0.3 is 0 Å². The number of hydrogen-bond acceptors (Lipinski definition) is 2. The molecule has 2 heteroatoms. The summed E-state index contributed by atoms with van der Waals surface area (Å²) in [6.45, 7) is 3.77. The molecule has 0 bridgehead atoms. The van der Waals surface area contributed by atoms with Crippen LogP contribution in [0.2, 0.25) is 0 Å². The maximum atomic E-state index is 9.14. The first-order chi connectivity index (χ1) is 4.61. The van der Waals surface area contributed by atoms with Crippen molar-refractivity contribution >= 4 is 5.69 Å². The van der Waals surface area contributed by atoms with E-state index in [0.717, 1.165) is 11.1 Å². The van der Waals surface area contributed by atoms with Gasteiger partial charge in [0.1, 0.15) is 5.75 Å². The Morgan fingerprint density at radius 3 is 2.30 bits per heavy atom. The van der Waals surface area contributed by atoms with Crippen LogP contribution in [0, 0.1) is 13.8 Å². The van der Waals surface area contributed by atoms with Gasteiger partial charge in [-0.15, -0.1) is 0 Å². The van der Waals surface area contributed by atoms with Gasteiger partial charge in [0.05, 0.1) is 0 Å². The average Bonchev–Trinajstić information content (AvgIpc) is 1.84. The van der Waals surface area contributed by atoms with Crippen LogP contribution in [0.4, 0.5) is 5.69 Å². The molecule has 1 aromatic carbocycles. The zero-order valence-electron chi connectivity index (χ0n) is 6.18. The summed E-state index contributed by atoms with van der Waals surface area (Å²) in [4.78, 5) is 0. The molecule has 0 atom stereocenters. The third-order valence-corrected chi connectivity index (χ3v) is 1.58. The fourth-order valence-electron chi connectivity index (χ4n) is 0.857. The molecule has 0 spiro atoms. The van der Waals surface area contributed by atoms with Gasteiger partial charge in [-0.25, -0.2) is 0 Å². The molecule has 0 unspecified atom stereocenters. The molecule has 0 aliphatic carbocycles.